The number of ether oxygens (including phenoxy) is 3. The molecule has 0 amide bonds. The van der Waals surface area contributed by atoms with E-state index in [4.69, 9.17) is 19.9 Å². The van der Waals surface area contributed by atoms with Gasteiger partial charge in [-0.1, -0.05) is 30.3 Å². The van der Waals surface area contributed by atoms with E-state index in [0.717, 1.165) is 32.3 Å². The Kier molecular flexibility index (Phi) is 7.20. The van der Waals surface area contributed by atoms with Crippen LogP contribution in [0.25, 0.3) is 0 Å². The monoisotopic (exact) mass is 479 g/mol. The highest BCUT2D eigenvalue weighted by Gasteiger charge is 2.44. The molecule has 0 aliphatic carbocycles. The van der Waals surface area contributed by atoms with E-state index >= 15 is 0 Å². The predicted molar refractivity (Wildman–Crippen MR) is 122 cm³/mol. The van der Waals surface area contributed by atoms with Crippen molar-refractivity contribution in [3.63, 3.8) is 0 Å². The van der Waals surface area contributed by atoms with Crippen molar-refractivity contribution in [3.8, 4) is 6.07 Å². The van der Waals surface area contributed by atoms with Gasteiger partial charge in [-0.25, -0.2) is 18.8 Å². The Morgan fingerprint density at radius 3 is 2.14 bits per heavy atom. The van der Waals surface area contributed by atoms with Crippen LogP contribution < -0.4 is 10.6 Å². The minimum atomic E-state index is -1.10. The van der Waals surface area contributed by atoms with Crippen LogP contribution in [-0.2, 0) is 23.8 Å². The number of hydrogen-bond acceptors (Lipinski definition) is 9. The molecular weight excluding hydrogens is 457 g/mol. The molecule has 1 aliphatic heterocycles. The van der Waals surface area contributed by atoms with Gasteiger partial charge in [-0.2, -0.15) is 5.26 Å². The van der Waals surface area contributed by atoms with Gasteiger partial charge in [0.1, 0.15) is 17.3 Å². The maximum absolute atomic E-state index is 14.7. The largest absolute Gasteiger partial charge is 0.466 e. The summed E-state index contributed by atoms with van der Waals surface area (Å²) < 4.78 is 29.4. The van der Waals surface area contributed by atoms with E-state index in [1.807, 2.05) is 6.07 Å². The number of benzene rings is 2. The van der Waals surface area contributed by atoms with Gasteiger partial charge in [-0.05, 0) is 30.2 Å². The van der Waals surface area contributed by atoms with Crippen molar-refractivity contribution in [1.82, 2.24) is 0 Å². The van der Waals surface area contributed by atoms with Crippen LogP contribution in [0.2, 0.25) is 0 Å². The van der Waals surface area contributed by atoms with Gasteiger partial charge in [0.15, 0.2) is 0 Å². The summed E-state index contributed by atoms with van der Waals surface area (Å²) in [4.78, 5) is 39.7. The molecule has 9 nitrogen and oxygen atoms in total. The van der Waals surface area contributed by atoms with Crippen LogP contribution in [0, 0.1) is 24.1 Å². The summed E-state index contributed by atoms with van der Waals surface area (Å²) in [5, 5.41) is 10.1. The Bertz CT molecular complexity index is 1310. The molecule has 1 heterocycles. The molecule has 3 rings (SSSR count). The first kappa shape index (κ1) is 25.0. The number of carbonyl (C=O) groups is 3. The number of carbonyl (C=O) groups excluding carboxylic acids is 3. The van der Waals surface area contributed by atoms with Crippen LogP contribution in [0.5, 0.6) is 0 Å². The number of allylic oxidation sites excluding steroid dienone is 1. The van der Waals surface area contributed by atoms with Crippen molar-refractivity contribution in [2.45, 2.75) is 12.8 Å². The van der Waals surface area contributed by atoms with E-state index in [9.17, 15) is 24.0 Å². The summed E-state index contributed by atoms with van der Waals surface area (Å²) in [5.41, 5.74) is 5.77. The number of hydrogen-bond donors (Lipinski definition) is 1. The van der Waals surface area contributed by atoms with E-state index in [-0.39, 0.29) is 33.8 Å². The maximum atomic E-state index is 14.7. The second-order valence-corrected chi connectivity index (χ2v) is 7.45. The molecule has 0 spiro atoms. The molecule has 180 valence electrons. The lowest BCUT2D eigenvalue weighted by atomic mass is 9.80. The van der Waals surface area contributed by atoms with Gasteiger partial charge >= 0.3 is 17.9 Å². The van der Waals surface area contributed by atoms with Crippen molar-refractivity contribution < 1.29 is 33.0 Å². The second kappa shape index (κ2) is 10.1. The molecule has 1 atom stereocenters. The van der Waals surface area contributed by atoms with Gasteiger partial charge in [0.05, 0.1) is 55.7 Å². The highest BCUT2D eigenvalue weighted by Crippen LogP contribution is 2.44. The summed E-state index contributed by atoms with van der Waals surface area (Å²) in [5.74, 6) is -4.96. The fourth-order valence-corrected chi connectivity index (χ4v) is 3.89. The Morgan fingerprint density at radius 2 is 1.60 bits per heavy atom. The number of anilines is 1. The number of nitrogens with two attached hydrogens (primary N) is 1. The van der Waals surface area contributed by atoms with E-state index in [0.29, 0.717) is 5.56 Å². The van der Waals surface area contributed by atoms with Crippen molar-refractivity contribution in [1.29, 1.82) is 5.26 Å². The SMILES string of the molecule is COC(=O)C1=C(C(=O)OC)N(c2cc(F)c(C)cc2C(=O)OC)C(N)=C(C#N)C1c1ccccc1. The topological polar surface area (TPSA) is 132 Å². The fraction of sp³-hybridized carbons (Fsp3) is 0.200. The average molecular weight is 479 g/mol. The first-order valence-electron chi connectivity index (χ1n) is 10.3. The van der Waals surface area contributed by atoms with Crippen molar-refractivity contribution >= 4 is 23.6 Å². The minimum absolute atomic E-state index is 0.119. The quantitative estimate of drug-likeness (QED) is 0.508. The zero-order valence-corrected chi connectivity index (χ0v) is 19.4. The third-order valence-corrected chi connectivity index (χ3v) is 5.53. The van der Waals surface area contributed by atoms with Gasteiger partial charge in [-0.3, -0.25) is 4.90 Å². The molecule has 0 aromatic heterocycles. The minimum Gasteiger partial charge on any atom is -0.466 e. The lowest BCUT2D eigenvalue weighted by Crippen LogP contribution is -2.41. The normalized spacial score (nSPS) is 15.4. The Balaban J connectivity index is 2.51. The van der Waals surface area contributed by atoms with Crippen LogP contribution in [0.1, 0.15) is 27.4 Å². The highest BCUT2D eigenvalue weighted by atomic mass is 19.1. The summed E-state index contributed by atoms with van der Waals surface area (Å²) in [6.45, 7) is 1.43. The van der Waals surface area contributed by atoms with Gasteiger partial charge in [0.2, 0.25) is 0 Å². The summed E-state index contributed by atoms with van der Waals surface area (Å²) in [6.07, 6.45) is 0. The first-order chi connectivity index (χ1) is 16.7. The molecule has 10 heteroatoms. The van der Waals surface area contributed by atoms with Crippen LogP contribution in [-0.4, -0.2) is 39.2 Å². The molecule has 1 aliphatic rings. The van der Waals surface area contributed by atoms with Gasteiger partial charge < -0.3 is 19.9 Å². The number of halogens is 1. The van der Waals surface area contributed by atoms with Gasteiger partial charge in [-0.15, -0.1) is 0 Å². The highest BCUT2D eigenvalue weighted by molar-refractivity contribution is 6.08. The molecule has 0 bridgehead atoms. The lowest BCUT2D eigenvalue weighted by Gasteiger charge is -2.36. The standard InChI is InChI=1S/C25H22FN3O6/c1-13-10-15(23(30)33-2)18(11-17(13)26)29-21(25(32)35-4)20(24(31)34-3)19(16(12-27)22(29)28)14-8-6-5-7-9-14/h5-11,19H,28H2,1-4H3. The van der Waals surface area contributed by atoms with Crippen molar-refractivity contribution in [3.05, 3.63) is 87.6 Å². The molecule has 0 saturated carbocycles. The van der Waals surface area contributed by atoms with E-state index < -0.39 is 35.3 Å². The number of nitriles is 1. The first-order valence-corrected chi connectivity index (χ1v) is 10.3. The van der Waals surface area contributed by atoms with Crippen molar-refractivity contribution in [2.75, 3.05) is 26.2 Å². The number of esters is 3. The van der Waals surface area contributed by atoms with Crippen LogP contribution in [0.3, 0.4) is 0 Å². The van der Waals surface area contributed by atoms with E-state index in [2.05, 4.69) is 0 Å². The molecule has 1 unspecified atom stereocenters. The second-order valence-electron chi connectivity index (χ2n) is 7.45. The lowest BCUT2D eigenvalue weighted by molar-refractivity contribution is -0.139. The van der Waals surface area contributed by atoms with Gasteiger partial charge in [0, 0.05) is 0 Å². The summed E-state index contributed by atoms with van der Waals surface area (Å²) in [6, 6.07) is 12.6. The molecule has 0 saturated heterocycles. The third kappa shape index (κ3) is 4.31. The van der Waals surface area contributed by atoms with Crippen LogP contribution in [0.4, 0.5) is 10.1 Å². The molecular formula is C25H22FN3O6. The number of rotatable bonds is 5. The average Bonchev–Trinajstić information content (AvgIpc) is 2.88. The van der Waals surface area contributed by atoms with Crippen molar-refractivity contribution in [2.24, 2.45) is 5.73 Å². The number of aryl methyl sites for hydroxylation is 1. The Hall–Kier alpha value is -4.65. The summed E-state index contributed by atoms with van der Waals surface area (Å²) >= 11 is 0. The smallest absolute Gasteiger partial charge is 0.355 e. The van der Waals surface area contributed by atoms with Crippen LogP contribution in [0.15, 0.2) is 65.1 Å². The number of nitrogens with zero attached hydrogens (tertiary/aromatic N) is 2. The van der Waals surface area contributed by atoms with Crippen LogP contribution >= 0.6 is 0 Å². The zero-order chi connectivity index (χ0) is 25.9. The van der Waals surface area contributed by atoms with E-state index in [1.54, 1.807) is 30.3 Å². The number of methoxy groups -OCH3 is 3. The predicted octanol–water partition coefficient (Wildman–Crippen LogP) is 2.82. The Morgan fingerprint density at radius 1 is 1.00 bits per heavy atom. The fourth-order valence-electron chi connectivity index (χ4n) is 3.89. The Labute approximate surface area is 200 Å². The molecule has 2 aromatic carbocycles. The molecule has 2 aromatic rings. The zero-order valence-electron chi connectivity index (χ0n) is 19.4. The van der Waals surface area contributed by atoms with E-state index in [1.165, 1.54) is 13.0 Å². The molecule has 0 radical (unpaired) electrons. The third-order valence-electron chi connectivity index (χ3n) is 5.53. The molecule has 35 heavy (non-hydrogen) atoms. The van der Waals surface area contributed by atoms with Gasteiger partial charge in [0.25, 0.3) is 0 Å². The molecule has 2 N–H and O–H groups in total. The summed E-state index contributed by atoms with van der Waals surface area (Å²) in [7, 11) is 3.32. The maximum Gasteiger partial charge on any atom is 0.355 e. The molecule has 0 fully saturated rings.